The lowest BCUT2D eigenvalue weighted by Crippen LogP contribution is -2.53. The molecule has 0 aromatic carbocycles. The van der Waals surface area contributed by atoms with Gasteiger partial charge in [-0.1, -0.05) is 6.92 Å². The summed E-state index contributed by atoms with van der Waals surface area (Å²) in [5, 5.41) is 6.18. The van der Waals surface area contributed by atoms with E-state index in [1.807, 2.05) is 30.6 Å². The highest BCUT2D eigenvalue weighted by molar-refractivity contribution is 5.82. The zero-order valence-electron chi connectivity index (χ0n) is 10.4. The number of carbonyl (C=O) groups excluding carboxylic acids is 1. The molecule has 3 rings (SSSR count). The van der Waals surface area contributed by atoms with Crippen LogP contribution in [0.3, 0.4) is 0 Å². The van der Waals surface area contributed by atoms with Gasteiger partial charge in [-0.2, -0.15) is 4.98 Å². The molecule has 1 aliphatic rings. The summed E-state index contributed by atoms with van der Waals surface area (Å²) in [5.41, 5.74) is 0.927. The van der Waals surface area contributed by atoms with Crippen molar-refractivity contribution in [1.82, 2.24) is 20.0 Å². The van der Waals surface area contributed by atoms with Gasteiger partial charge in [-0.05, 0) is 13.3 Å². The minimum atomic E-state index is -0.150. The third kappa shape index (κ3) is 1.78. The van der Waals surface area contributed by atoms with Gasteiger partial charge in [0.15, 0.2) is 0 Å². The van der Waals surface area contributed by atoms with Crippen LogP contribution in [-0.4, -0.2) is 27.9 Å². The molecular weight excluding hydrogens is 232 g/mol. The number of aromatic nitrogens is 2. The molecule has 1 amide bonds. The zero-order chi connectivity index (χ0) is 12.7. The molecule has 0 radical (unpaired) electrons. The van der Waals surface area contributed by atoms with E-state index in [1.54, 1.807) is 0 Å². The van der Waals surface area contributed by atoms with Crippen molar-refractivity contribution in [3.05, 3.63) is 23.8 Å². The summed E-state index contributed by atoms with van der Waals surface area (Å²) in [6.45, 7) is 4.46. The van der Waals surface area contributed by atoms with Crippen LogP contribution in [0.4, 0.5) is 0 Å². The molecule has 0 spiro atoms. The molecule has 2 atom stereocenters. The maximum absolute atomic E-state index is 11.5. The van der Waals surface area contributed by atoms with Gasteiger partial charge in [0, 0.05) is 12.7 Å². The van der Waals surface area contributed by atoms with Crippen molar-refractivity contribution < 1.29 is 9.21 Å². The number of carbonyl (C=O) groups is 1. The molecule has 18 heavy (non-hydrogen) atoms. The van der Waals surface area contributed by atoms with Crippen LogP contribution in [0.5, 0.6) is 0 Å². The molecule has 1 aliphatic heterocycles. The Labute approximate surface area is 104 Å². The molecule has 2 aromatic rings. The Bertz CT molecular complexity index is 554. The molecule has 6 heteroatoms. The molecule has 0 saturated carbocycles. The predicted molar refractivity (Wildman–Crippen MR) is 65.2 cm³/mol. The first-order chi connectivity index (χ1) is 8.67. The molecule has 96 valence electrons. The number of imidazole rings is 1. The van der Waals surface area contributed by atoms with Gasteiger partial charge in [-0.15, -0.1) is 0 Å². The fraction of sp³-hybridized carbons (Fsp3) is 0.500. The van der Waals surface area contributed by atoms with Gasteiger partial charge in [-0.3, -0.25) is 14.5 Å². The first-order valence-electron chi connectivity index (χ1n) is 6.16. The monoisotopic (exact) mass is 248 g/mol. The number of fused-ring (bicyclic) bond motifs is 1. The molecule has 3 heterocycles. The lowest BCUT2D eigenvalue weighted by atomic mass is 10.1. The van der Waals surface area contributed by atoms with E-state index >= 15 is 0 Å². The van der Waals surface area contributed by atoms with Gasteiger partial charge in [0.2, 0.25) is 5.91 Å². The van der Waals surface area contributed by atoms with Gasteiger partial charge in [0.05, 0.1) is 24.0 Å². The Kier molecular flexibility index (Phi) is 2.59. The summed E-state index contributed by atoms with van der Waals surface area (Å²) in [7, 11) is 0. The van der Waals surface area contributed by atoms with Gasteiger partial charge >= 0.3 is 5.84 Å². The Hall–Kier alpha value is -1.82. The maximum Gasteiger partial charge on any atom is 0.306 e. The number of nitrogens with zero attached hydrogens (tertiary/aromatic N) is 2. The lowest BCUT2D eigenvalue weighted by Gasteiger charge is -2.28. The first kappa shape index (κ1) is 11.3. The fourth-order valence-electron chi connectivity index (χ4n) is 2.28. The third-order valence-corrected chi connectivity index (χ3v) is 3.25. The highest BCUT2D eigenvalue weighted by Crippen LogP contribution is 2.20. The van der Waals surface area contributed by atoms with E-state index in [4.69, 9.17) is 4.42 Å². The molecule has 0 aliphatic carbocycles. The first-order valence-corrected chi connectivity index (χ1v) is 6.16. The second-order valence-electron chi connectivity index (χ2n) is 4.63. The normalized spacial score (nSPS) is 24.4. The summed E-state index contributed by atoms with van der Waals surface area (Å²) >= 11 is 0. The molecule has 2 unspecified atom stereocenters. The van der Waals surface area contributed by atoms with Gasteiger partial charge in [0.25, 0.3) is 0 Å². The Morgan fingerprint density at radius 1 is 1.56 bits per heavy atom. The van der Waals surface area contributed by atoms with Gasteiger partial charge in [0.1, 0.15) is 5.76 Å². The molecule has 1 fully saturated rings. The summed E-state index contributed by atoms with van der Waals surface area (Å²) in [6, 6.07) is -0.141. The molecule has 0 bridgehead atoms. The topological polar surface area (TPSA) is 71.6 Å². The predicted octanol–water partition coefficient (Wildman–Crippen LogP) is 0.775. The number of oxazole rings is 1. The largest absolute Gasteiger partial charge is 0.426 e. The van der Waals surface area contributed by atoms with E-state index in [0.29, 0.717) is 12.4 Å². The van der Waals surface area contributed by atoms with E-state index in [0.717, 1.165) is 17.9 Å². The zero-order valence-corrected chi connectivity index (χ0v) is 10.4. The smallest absolute Gasteiger partial charge is 0.306 e. The van der Waals surface area contributed by atoms with E-state index < -0.39 is 0 Å². The SMILES string of the molecule is CCC1NC(c2cn3cc(C)nc3o2)CNC1=O. The van der Waals surface area contributed by atoms with Crippen LogP contribution in [0.1, 0.15) is 30.8 Å². The highest BCUT2D eigenvalue weighted by atomic mass is 16.4. The number of hydrogen-bond acceptors (Lipinski definition) is 4. The molecule has 2 N–H and O–H groups in total. The average molecular weight is 248 g/mol. The summed E-state index contributed by atoms with van der Waals surface area (Å²) < 4.78 is 7.56. The molecular formula is C12H16N4O2. The maximum atomic E-state index is 11.5. The van der Waals surface area contributed by atoms with Crippen LogP contribution >= 0.6 is 0 Å². The number of hydrogen-bond donors (Lipinski definition) is 2. The second-order valence-corrected chi connectivity index (χ2v) is 4.63. The van der Waals surface area contributed by atoms with Gasteiger partial charge < -0.3 is 9.73 Å². The third-order valence-electron chi connectivity index (χ3n) is 3.25. The van der Waals surface area contributed by atoms with Crippen molar-refractivity contribution in [1.29, 1.82) is 0 Å². The van der Waals surface area contributed by atoms with Crippen molar-refractivity contribution in [2.45, 2.75) is 32.4 Å². The number of nitrogens with one attached hydrogen (secondary N) is 2. The van der Waals surface area contributed by atoms with E-state index in [-0.39, 0.29) is 18.0 Å². The summed E-state index contributed by atoms with van der Waals surface area (Å²) in [5.74, 6) is 1.45. The summed E-state index contributed by atoms with van der Waals surface area (Å²) in [6.07, 6.45) is 4.59. The van der Waals surface area contributed by atoms with Crippen LogP contribution in [0.2, 0.25) is 0 Å². The number of rotatable bonds is 2. The fourth-order valence-corrected chi connectivity index (χ4v) is 2.28. The van der Waals surface area contributed by atoms with Crippen molar-refractivity contribution in [3.8, 4) is 0 Å². The van der Waals surface area contributed by atoms with Crippen molar-refractivity contribution in [2.24, 2.45) is 0 Å². The van der Waals surface area contributed by atoms with Crippen molar-refractivity contribution in [2.75, 3.05) is 6.54 Å². The molecule has 1 saturated heterocycles. The lowest BCUT2D eigenvalue weighted by molar-refractivity contribution is -0.125. The Morgan fingerprint density at radius 2 is 2.39 bits per heavy atom. The molecule has 2 aromatic heterocycles. The van der Waals surface area contributed by atoms with Crippen LogP contribution in [-0.2, 0) is 4.79 Å². The molecule has 6 nitrogen and oxygen atoms in total. The van der Waals surface area contributed by atoms with Crippen molar-refractivity contribution >= 4 is 11.8 Å². The standard InChI is InChI=1S/C12H16N4O2/c1-3-8-11(17)13-4-9(15-8)10-6-16-5-7(2)14-12(16)18-10/h5-6,8-9,15H,3-4H2,1-2H3,(H,13,17). The van der Waals surface area contributed by atoms with Crippen LogP contribution < -0.4 is 10.6 Å². The van der Waals surface area contributed by atoms with Crippen LogP contribution in [0.15, 0.2) is 16.8 Å². The van der Waals surface area contributed by atoms with Crippen LogP contribution in [0.25, 0.3) is 5.84 Å². The minimum Gasteiger partial charge on any atom is -0.426 e. The van der Waals surface area contributed by atoms with E-state index in [2.05, 4.69) is 15.6 Å². The van der Waals surface area contributed by atoms with E-state index in [1.165, 1.54) is 0 Å². The Balaban J connectivity index is 1.85. The quantitative estimate of drug-likeness (QED) is 0.823. The Morgan fingerprint density at radius 3 is 3.11 bits per heavy atom. The van der Waals surface area contributed by atoms with E-state index in [9.17, 15) is 4.79 Å². The highest BCUT2D eigenvalue weighted by Gasteiger charge is 2.29. The second kappa shape index (κ2) is 4.13. The number of amides is 1. The number of piperazine rings is 1. The van der Waals surface area contributed by atoms with Gasteiger partial charge in [-0.25, -0.2) is 0 Å². The van der Waals surface area contributed by atoms with Crippen molar-refractivity contribution in [3.63, 3.8) is 0 Å². The minimum absolute atomic E-state index is 0.00894. The summed E-state index contributed by atoms with van der Waals surface area (Å²) in [4.78, 5) is 15.8. The average Bonchev–Trinajstić information content (AvgIpc) is 2.86. The number of aryl methyl sites for hydroxylation is 1. The van der Waals surface area contributed by atoms with Crippen LogP contribution in [0, 0.1) is 6.92 Å².